The highest BCUT2D eigenvalue weighted by atomic mass is 19.1. The number of nitrogens with one attached hydrogen (secondary N) is 1. The topological polar surface area (TPSA) is 135 Å². The lowest BCUT2D eigenvalue weighted by Gasteiger charge is -2.21. The van der Waals surface area contributed by atoms with Crippen molar-refractivity contribution in [1.29, 1.82) is 5.26 Å². The van der Waals surface area contributed by atoms with E-state index in [2.05, 4.69) is 25.3 Å². The van der Waals surface area contributed by atoms with E-state index in [4.69, 9.17) is 5.73 Å². The highest BCUT2D eigenvalue weighted by Gasteiger charge is 2.22. The molecule has 1 atom stereocenters. The predicted octanol–water partition coefficient (Wildman–Crippen LogP) is 3.09. The molecule has 3 heterocycles. The summed E-state index contributed by atoms with van der Waals surface area (Å²) in [6.45, 7) is 4.80. The molecule has 0 bridgehead atoms. The van der Waals surface area contributed by atoms with Crippen molar-refractivity contribution in [3.8, 4) is 11.8 Å². The average molecular weight is 448 g/mol. The van der Waals surface area contributed by atoms with Gasteiger partial charge in [0.2, 0.25) is 0 Å². The van der Waals surface area contributed by atoms with Crippen LogP contribution >= 0.6 is 0 Å². The summed E-state index contributed by atoms with van der Waals surface area (Å²) in [7, 11) is 0. The number of rotatable bonds is 4. The van der Waals surface area contributed by atoms with Crippen LogP contribution in [0.5, 0.6) is 0 Å². The third-order valence-electron chi connectivity index (χ3n) is 5.13. The van der Waals surface area contributed by atoms with Gasteiger partial charge in [-0.25, -0.2) is 23.7 Å². The van der Waals surface area contributed by atoms with Crippen molar-refractivity contribution >= 4 is 22.5 Å². The van der Waals surface area contributed by atoms with Crippen LogP contribution in [0.2, 0.25) is 0 Å². The number of nitrogens with two attached hydrogens (primary N) is 1. The Bertz CT molecular complexity index is 1510. The molecule has 11 heteroatoms. The molecule has 3 N–H and O–H groups in total. The summed E-state index contributed by atoms with van der Waals surface area (Å²) in [6.07, 6.45) is 2.36. The summed E-state index contributed by atoms with van der Waals surface area (Å²) in [5.41, 5.74) is 5.85. The van der Waals surface area contributed by atoms with Crippen LogP contribution in [-0.2, 0) is 0 Å². The molecule has 0 aliphatic rings. The third kappa shape index (κ3) is 3.82. The van der Waals surface area contributed by atoms with E-state index in [1.807, 2.05) is 6.07 Å². The second kappa shape index (κ2) is 8.23. The van der Waals surface area contributed by atoms with Crippen molar-refractivity contribution in [1.82, 2.24) is 24.5 Å². The Morgan fingerprint density at radius 1 is 1.18 bits per heavy atom. The van der Waals surface area contributed by atoms with Gasteiger partial charge < -0.3 is 11.1 Å². The minimum absolute atomic E-state index is 0.00390. The molecule has 0 unspecified atom stereocenters. The lowest BCUT2D eigenvalue weighted by Crippen LogP contribution is -2.28. The van der Waals surface area contributed by atoms with E-state index in [1.165, 1.54) is 29.8 Å². The number of hydrogen-bond acceptors (Lipinski definition) is 8. The van der Waals surface area contributed by atoms with Gasteiger partial charge in [0, 0.05) is 5.56 Å². The monoisotopic (exact) mass is 448 g/mol. The average Bonchev–Trinajstić information content (AvgIpc) is 2.76. The number of benzene rings is 1. The number of aromatic nitrogens is 5. The summed E-state index contributed by atoms with van der Waals surface area (Å²) < 4.78 is 29.4. The maximum atomic E-state index is 14.3. The third-order valence-corrected chi connectivity index (χ3v) is 5.13. The zero-order valence-electron chi connectivity index (χ0n) is 17.9. The zero-order valence-corrected chi connectivity index (χ0v) is 17.9. The summed E-state index contributed by atoms with van der Waals surface area (Å²) in [6, 6.07) is 4.90. The van der Waals surface area contributed by atoms with E-state index in [9.17, 15) is 18.8 Å². The number of halogens is 2. The van der Waals surface area contributed by atoms with E-state index >= 15 is 0 Å². The largest absolute Gasteiger partial charge is 0.382 e. The van der Waals surface area contributed by atoms with Crippen molar-refractivity contribution in [2.24, 2.45) is 0 Å². The highest BCUT2D eigenvalue weighted by molar-refractivity contribution is 5.78. The fourth-order valence-electron chi connectivity index (χ4n) is 3.49. The number of aryl methyl sites for hydroxylation is 1. The maximum Gasteiger partial charge on any atom is 0.266 e. The van der Waals surface area contributed by atoms with Crippen molar-refractivity contribution in [3.05, 3.63) is 75.4 Å². The first kappa shape index (κ1) is 21.8. The molecule has 166 valence electrons. The van der Waals surface area contributed by atoms with E-state index in [1.54, 1.807) is 13.8 Å². The van der Waals surface area contributed by atoms with Crippen LogP contribution in [0.3, 0.4) is 0 Å². The Kier molecular flexibility index (Phi) is 5.43. The van der Waals surface area contributed by atoms with Crippen LogP contribution < -0.4 is 16.6 Å². The molecule has 4 rings (SSSR count). The molecule has 4 aromatic rings. The van der Waals surface area contributed by atoms with Crippen LogP contribution in [0.1, 0.15) is 35.7 Å². The van der Waals surface area contributed by atoms with Gasteiger partial charge in [0.1, 0.15) is 40.7 Å². The lowest BCUT2D eigenvalue weighted by molar-refractivity contribution is 0.607. The first-order valence-corrected chi connectivity index (χ1v) is 9.84. The van der Waals surface area contributed by atoms with Crippen molar-refractivity contribution in [2.75, 3.05) is 11.1 Å². The van der Waals surface area contributed by atoms with Crippen molar-refractivity contribution in [3.63, 3.8) is 0 Å². The molecular weight excluding hydrogens is 430 g/mol. The van der Waals surface area contributed by atoms with Gasteiger partial charge in [0.25, 0.3) is 5.56 Å². The molecular formula is C22H18F2N8O. The molecule has 0 amide bonds. The number of nitrogen functional groups attached to an aromatic ring is 1. The summed E-state index contributed by atoms with van der Waals surface area (Å²) in [4.78, 5) is 30.1. The molecule has 0 aliphatic heterocycles. The molecule has 0 saturated heterocycles. The van der Waals surface area contributed by atoms with Gasteiger partial charge in [0.05, 0.1) is 35.0 Å². The zero-order chi connectivity index (χ0) is 23.9. The fourth-order valence-corrected chi connectivity index (χ4v) is 3.49. The number of anilines is 2. The molecule has 0 spiro atoms. The standard InChI is InChI=1S/C22H18F2N8O/c1-10-16(24)8-27-9-18(10)32-21(31-17-5-4-13(23)6-14(17)22(32)33)11(2)28-20-15(7-25)19(26)29-12(3)30-20/h4-6,8-9,11H,1-3H3,(H3,26,28,29,30)/t11-/m0/s1. The predicted molar refractivity (Wildman–Crippen MR) is 118 cm³/mol. The smallest absolute Gasteiger partial charge is 0.266 e. The molecule has 33 heavy (non-hydrogen) atoms. The summed E-state index contributed by atoms with van der Waals surface area (Å²) in [5.74, 6) is -0.546. The van der Waals surface area contributed by atoms with Crippen LogP contribution in [-0.4, -0.2) is 24.5 Å². The first-order valence-electron chi connectivity index (χ1n) is 9.84. The quantitative estimate of drug-likeness (QED) is 0.486. The molecule has 0 radical (unpaired) electrons. The molecule has 9 nitrogen and oxygen atoms in total. The number of nitriles is 1. The number of pyridine rings is 1. The Hall–Kier alpha value is -4.46. The van der Waals surface area contributed by atoms with Crippen LogP contribution in [0.4, 0.5) is 20.4 Å². The van der Waals surface area contributed by atoms with Gasteiger partial charge in [-0.2, -0.15) is 5.26 Å². The molecule has 0 aliphatic carbocycles. The molecule has 0 saturated carbocycles. The lowest BCUT2D eigenvalue weighted by atomic mass is 10.1. The van der Waals surface area contributed by atoms with Crippen LogP contribution in [0.15, 0.2) is 35.4 Å². The van der Waals surface area contributed by atoms with Crippen molar-refractivity contribution < 1.29 is 8.78 Å². The SMILES string of the molecule is Cc1nc(N)c(C#N)c(N[C@@H](C)c2nc3ccc(F)cc3c(=O)n2-c2cncc(F)c2C)n1. The number of fused-ring (bicyclic) bond motifs is 1. The van der Waals surface area contributed by atoms with Gasteiger partial charge in [0.15, 0.2) is 5.82 Å². The van der Waals surface area contributed by atoms with Gasteiger partial charge in [-0.05, 0) is 39.0 Å². The number of nitrogens with zero attached hydrogens (tertiary/aromatic N) is 6. The first-order chi connectivity index (χ1) is 15.7. The molecule has 1 aromatic carbocycles. The number of hydrogen-bond donors (Lipinski definition) is 2. The Labute approximate surface area is 186 Å². The molecule has 0 fully saturated rings. The Morgan fingerprint density at radius 2 is 1.94 bits per heavy atom. The normalized spacial score (nSPS) is 11.9. The van der Waals surface area contributed by atoms with E-state index < -0.39 is 23.2 Å². The van der Waals surface area contributed by atoms with E-state index in [0.29, 0.717) is 5.82 Å². The van der Waals surface area contributed by atoms with Gasteiger partial charge in [-0.15, -0.1) is 0 Å². The van der Waals surface area contributed by atoms with Gasteiger partial charge in [-0.1, -0.05) is 0 Å². The second-order valence-electron chi connectivity index (χ2n) is 7.39. The van der Waals surface area contributed by atoms with E-state index in [-0.39, 0.29) is 45.2 Å². The fraction of sp³-hybridized carbons (Fsp3) is 0.182. The minimum atomic E-state index is -0.712. The second-order valence-corrected chi connectivity index (χ2v) is 7.39. The Balaban J connectivity index is 1.97. The van der Waals surface area contributed by atoms with Gasteiger partial charge in [-0.3, -0.25) is 14.3 Å². The highest BCUT2D eigenvalue weighted by Crippen LogP contribution is 2.26. The van der Waals surface area contributed by atoms with Crippen LogP contribution in [0, 0.1) is 36.8 Å². The summed E-state index contributed by atoms with van der Waals surface area (Å²) in [5, 5.41) is 12.5. The maximum absolute atomic E-state index is 14.3. The summed E-state index contributed by atoms with van der Waals surface area (Å²) >= 11 is 0. The minimum Gasteiger partial charge on any atom is -0.382 e. The van der Waals surface area contributed by atoms with Crippen LogP contribution in [0.25, 0.3) is 16.6 Å². The van der Waals surface area contributed by atoms with Crippen molar-refractivity contribution in [2.45, 2.75) is 26.8 Å². The van der Waals surface area contributed by atoms with E-state index in [0.717, 1.165) is 12.3 Å². The molecule has 3 aromatic heterocycles. The Morgan fingerprint density at radius 3 is 2.67 bits per heavy atom. The van der Waals surface area contributed by atoms with Gasteiger partial charge >= 0.3 is 0 Å².